The van der Waals surface area contributed by atoms with Crippen LogP contribution in [-0.4, -0.2) is 29.6 Å². The van der Waals surface area contributed by atoms with Crippen LogP contribution in [0.1, 0.15) is 65.6 Å². The van der Waals surface area contributed by atoms with E-state index in [1.165, 1.54) is 12.8 Å². The normalized spacial score (nSPS) is 12.6. The molecule has 0 aliphatic heterocycles. The average Bonchev–Trinajstić information content (AvgIpc) is 2.44. The maximum absolute atomic E-state index is 4.72. The molecule has 0 aliphatic carbocycles. The summed E-state index contributed by atoms with van der Waals surface area (Å²) in [5.74, 6) is 3.21. The SMILES string of the molecule is CCCNc1cc(N(C)C(C)CCC)nc(C(C)C)n1. The minimum absolute atomic E-state index is 0.340. The Morgan fingerprint density at radius 3 is 2.40 bits per heavy atom. The first kappa shape index (κ1) is 16.7. The van der Waals surface area contributed by atoms with Crippen molar-refractivity contribution in [3.8, 4) is 0 Å². The summed E-state index contributed by atoms with van der Waals surface area (Å²) in [6.07, 6.45) is 3.46. The number of aromatic nitrogens is 2. The summed E-state index contributed by atoms with van der Waals surface area (Å²) in [5, 5.41) is 3.38. The van der Waals surface area contributed by atoms with Crippen molar-refractivity contribution in [3.05, 3.63) is 11.9 Å². The molecule has 114 valence electrons. The highest BCUT2D eigenvalue weighted by Gasteiger charge is 2.14. The molecule has 1 rings (SSSR count). The number of rotatable bonds is 8. The molecule has 0 radical (unpaired) electrons. The first-order valence-electron chi connectivity index (χ1n) is 7.85. The zero-order valence-electron chi connectivity index (χ0n) is 13.9. The Labute approximate surface area is 124 Å². The van der Waals surface area contributed by atoms with Gasteiger partial charge in [-0.1, -0.05) is 34.1 Å². The number of anilines is 2. The largest absolute Gasteiger partial charge is 0.370 e. The molecule has 1 aromatic rings. The van der Waals surface area contributed by atoms with Crippen molar-refractivity contribution in [3.63, 3.8) is 0 Å². The van der Waals surface area contributed by atoms with Gasteiger partial charge in [0.1, 0.15) is 17.5 Å². The average molecular weight is 278 g/mol. The monoisotopic (exact) mass is 278 g/mol. The van der Waals surface area contributed by atoms with Gasteiger partial charge in [-0.15, -0.1) is 0 Å². The molecule has 0 spiro atoms. The lowest BCUT2D eigenvalue weighted by Crippen LogP contribution is -2.30. The Balaban J connectivity index is 3.01. The fourth-order valence-electron chi connectivity index (χ4n) is 2.07. The summed E-state index contributed by atoms with van der Waals surface area (Å²) in [4.78, 5) is 11.6. The number of hydrogen-bond acceptors (Lipinski definition) is 4. The van der Waals surface area contributed by atoms with Crippen molar-refractivity contribution in [2.45, 2.75) is 65.8 Å². The van der Waals surface area contributed by atoms with Gasteiger partial charge in [0.25, 0.3) is 0 Å². The molecular formula is C16H30N4. The highest BCUT2D eigenvalue weighted by Crippen LogP contribution is 2.21. The van der Waals surface area contributed by atoms with Crippen LogP contribution in [0, 0.1) is 0 Å². The molecule has 0 bridgehead atoms. The molecule has 4 nitrogen and oxygen atoms in total. The Morgan fingerprint density at radius 2 is 1.85 bits per heavy atom. The van der Waals surface area contributed by atoms with E-state index in [-0.39, 0.29) is 0 Å². The number of nitrogens with zero attached hydrogens (tertiary/aromatic N) is 3. The second kappa shape index (κ2) is 8.08. The molecule has 0 aliphatic rings. The van der Waals surface area contributed by atoms with Crippen LogP contribution < -0.4 is 10.2 Å². The third kappa shape index (κ3) is 4.66. The van der Waals surface area contributed by atoms with E-state index in [0.29, 0.717) is 12.0 Å². The van der Waals surface area contributed by atoms with Crippen LogP contribution in [0.5, 0.6) is 0 Å². The Bertz CT molecular complexity index is 403. The Hall–Kier alpha value is -1.32. The van der Waals surface area contributed by atoms with Crippen LogP contribution in [0.15, 0.2) is 6.07 Å². The summed E-state index contributed by atoms with van der Waals surface area (Å²) in [7, 11) is 2.12. The smallest absolute Gasteiger partial charge is 0.135 e. The molecule has 1 unspecified atom stereocenters. The van der Waals surface area contributed by atoms with Gasteiger partial charge in [0, 0.05) is 31.6 Å². The van der Waals surface area contributed by atoms with Gasteiger partial charge in [0.05, 0.1) is 0 Å². The van der Waals surface area contributed by atoms with E-state index in [4.69, 9.17) is 4.98 Å². The topological polar surface area (TPSA) is 41.0 Å². The van der Waals surface area contributed by atoms with Gasteiger partial charge in [0.2, 0.25) is 0 Å². The quantitative estimate of drug-likeness (QED) is 0.779. The van der Waals surface area contributed by atoms with Crippen molar-refractivity contribution in [1.82, 2.24) is 9.97 Å². The Kier molecular flexibility index (Phi) is 6.76. The molecule has 0 aromatic carbocycles. The summed E-state index contributed by atoms with van der Waals surface area (Å²) in [5.41, 5.74) is 0. The second-order valence-corrected chi connectivity index (χ2v) is 5.80. The van der Waals surface area contributed by atoms with Gasteiger partial charge < -0.3 is 10.2 Å². The molecular weight excluding hydrogens is 248 g/mol. The lowest BCUT2D eigenvalue weighted by Gasteiger charge is -2.26. The highest BCUT2D eigenvalue weighted by atomic mass is 15.2. The van der Waals surface area contributed by atoms with Crippen molar-refractivity contribution in [1.29, 1.82) is 0 Å². The van der Waals surface area contributed by atoms with E-state index in [0.717, 1.165) is 30.4 Å². The molecule has 1 heterocycles. The van der Waals surface area contributed by atoms with E-state index < -0.39 is 0 Å². The standard InChI is InChI=1S/C16H30N4/c1-7-9-13(5)20(6)15-11-14(17-10-8-2)18-16(19-15)12(3)4/h11-13H,7-10H2,1-6H3,(H,17,18,19). The zero-order chi connectivity index (χ0) is 15.1. The first-order chi connectivity index (χ1) is 9.49. The zero-order valence-corrected chi connectivity index (χ0v) is 13.9. The molecule has 0 amide bonds. The van der Waals surface area contributed by atoms with E-state index in [1.54, 1.807) is 0 Å². The van der Waals surface area contributed by atoms with Gasteiger partial charge in [-0.05, 0) is 19.8 Å². The summed E-state index contributed by atoms with van der Waals surface area (Å²) in [6.45, 7) is 11.9. The molecule has 4 heteroatoms. The third-order valence-corrected chi connectivity index (χ3v) is 3.53. The van der Waals surface area contributed by atoms with Gasteiger partial charge in [-0.25, -0.2) is 9.97 Å². The van der Waals surface area contributed by atoms with Crippen LogP contribution in [0.3, 0.4) is 0 Å². The van der Waals surface area contributed by atoms with Crippen molar-refractivity contribution < 1.29 is 0 Å². The van der Waals surface area contributed by atoms with Crippen LogP contribution >= 0.6 is 0 Å². The predicted octanol–water partition coefficient (Wildman–Crippen LogP) is 4.05. The van der Waals surface area contributed by atoms with Crippen LogP contribution in [-0.2, 0) is 0 Å². The van der Waals surface area contributed by atoms with Crippen LogP contribution in [0.2, 0.25) is 0 Å². The van der Waals surface area contributed by atoms with Gasteiger partial charge in [-0.2, -0.15) is 0 Å². The van der Waals surface area contributed by atoms with Gasteiger partial charge in [-0.3, -0.25) is 0 Å². The molecule has 0 saturated heterocycles. The third-order valence-electron chi connectivity index (χ3n) is 3.53. The molecule has 1 N–H and O–H groups in total. The maximum atomic E-state index is 4.72. The summed E-state index contributed by atoms with van der Waals surface area (Å²) in [6, 6.07) is 2.56. The van der Waals surface area contributed by atoms with Gasteiger partial charge in [0.15, 0.2) is 0 Å². The van der Waals surface area contributed by atoms with E-state index in [9.17, 15) is 0 Å². The second-order valence-electron chi connectivity index (χ2n) is 5.80. The first-order valence-corrected chi connectivity index (χ1v) is 7.85. The predicted molar refractivity (Wildman–Crippen MR) is 87.7 cm³/mol. The molecule has 0 saturated carbocycles. The van der Waals surface area contributed by atoms with Crippen molar-refractivity contribution >= 4 is 11.6 Å². The molecule has 0 fully saturated rings. The number of nitrogens with one attached hydrogen (secondary N) is 1. The molecule has 20 heavy (non-hydrogen) atoms. The van der Waals surface area contributed by atoms with E-state index in [2.05, 4.69) is 62.9 Å². The van der Waals surface area contributed by atoms with E-state index >= 15 is 0 Å². The lowest BCUT2D eigenvalue weighted by molar-refractivity contribution is 0.608. The highest BCUT2D eigenvalue weighted by molar-refractivity contribution is 5.49. The van der Waals surface area contributed by atoms with Crippen molar-refractivity contribution in [2.24, 2.45) is 0 Å². The van der Waals surface area contributed by atoms with Crippen LogP contribution in [0.25, 0.3) is 0 Å². The van der Waals surface area contributed by atoms with Gasteiger partial charge >= 0.3 is 0 Å². The fraction of sp³-hybridized carbons (Fsp3) is 0.750. The molecule has 1 aromatic heterocycles. The minimum atomic E-state index is 0.340. The van der Waals surface area contributed by atoms with E-state index in [1.807, 2.05) is 0 Å². The van der Waals surface area contributed by atoms with Crippen LogP contribution in [0.4, 0.5) is 11.6 Å². The number of hydrogen-bond donors (Lipinski definition) is 1. The lowest BCUT2D eigenvalue weighted by atomic mass is 10.1. The summed E-state index contributed by atoms with van der Waals surface area (Å²) >= 11 is 0. The maximum Gasteiger partial charge on any atom is 0.135 e. The Morgan fingerprint density at radius 1 is 1.15 bits per heavy atom. The molecule has 1 atom stereocenters. The van der Waals surface area contributed by atoms with Crippen molar-refractivity contribution in [2.75, 3.05) is 23.8 Å². The fourth-order valence-corrected chi connectivity index (χ4v) is 2.07. The summed E-state index contributed by atoms with van der Waals surface area (Å²) < 4.78 is 0. The minimum Gasteiger partial charge on any atom is -0.370 e.